The van der Waals surface area contributed by atoms with Gasteiger partial charge >= 0.3 is 99.8 Å². The molecule has 0 aliphatic rings. The Hall–Kier alpha value is -6.63. The molecule has 0 unspecified atom stereocenters. The summed E-state index contributed by atoms with van der Waals surface area (Å²) in [6.45, 7) is -2.18. The average molecular weight is 1070 g/mol. The topological polar surface area (TPSA) is 43.9 Å². The Labute approximate surface area is 395 Å². The third kappa shape index (κ3) is 8.55. The largest absolute Gasteiger partial charge is 0 e. The van der Waals surface area contributed by atoms with E-state index in [1.807, 2.05) is 103 Å². The number of pyridine rings is 1. The fourth-order valence-electron chi connectivity index (χ4n) is 8.11. The van der Waals surface area contributed by atoms with Crippen molar-refractivity contribution in [2.24, 2.45) is 0 Å². The number of imidazole rings is 1. The van der Waals surface area contributed by atoms with E-state index in [1.165, 1.54) is 4.40 Å². The van der Waals surface area contributed by atoms with Gasteiger partial charge in [-0.15, -0.1) is 12.1 Å². The molecule has 1 radical (unpaired) electrons. The molecule has 11 rings (SSSR count). The van der Waals surface area contributed by atoms with E-state index in [0.717, 1.165) is 89.1 Å². The van der Waals surface area contributed by atoms with Gasteiger partial charge in [-0.1, -0.05) is 144 Å². The van der Waals surface area contributed by atoms with Gasteiger partial charge in [-0.25, -0.2) is 0 Å². The van der Waals surface area contributed by atoms with Crippen LogP contribution in [0.15, 0.2) is 205 Å². The zero-order valence-electron chi connectivity index (χ0n) is 38.6. The molecule has 8 aromatic carbocycles. The summed E-state index contributed by atoms with van der Waals surface area (Å²) in [5, 5.41) is 1.88. The summed E-state index contributed by atoms with van der Waals surface area (Å²) in [7, 11) is 0. The summed E-state index contributed by atoms with van der Waals surface area (Å²) in [6.07, 6.45) is 2.04. The van der Waals surface area contributed by atoms with Crippen molar-refractivity contribution in [1.29, 1.82) is 0 Å². The standard InChI is InChI=1S/C44H29N2O.C14H16GeN.Ir/c1-29-16-18-33(19-17-29)36-26-27-38(43-42(36)37-25-22-34(28-41(37)47-43)31-12-6-3-7-13-31)44-45-39-14-8-9-15-40(39)46(44)35-23-20-32(21-24-35)30-10-4-2-5-11-30;1-15(2,3)13-9-10-14(16-11-13)12-7-5-4-6-8-12;/h2-26,28H,1H3;4-7,9-11H,1-3H3;/q2*-1;/i1D3;;. The summed E-state index contributed by atoms with van der Waals surface area (Å²) in [5.74, 6) is 7.86. The summed E-state index contributed by atoms with van der Waals surface area (Å²) in [5.41, 5.74) is 13.6. The molecule has 0 amide bonds. The molecule has 64 heavy (non-hydrogen) atoms. The summed E-state index contributed by atoms with van der Waals surface area (Å²) in [4.78, 5) is 9.71. The number of rotatable bonds is 7. The van der Waals surface area contributed by atoms with E-state index in [2.05, 4.69) is 124 Å². The summed E-state index contributed by atoms with van der Waals surface area (Å²) >= 11 is -1.72. The first-order valence-corrected chi connectivity index (χ1v) is 28.5. The SMILES string of the molecule is [2H]C([2H])([2H])c1ccc(-c2c[c-]c(-c3nc4ccccc4n3-c3ccc(-c4ccccc4)cc3)c3oc4cc(-c5ccccc5)ccc4c23)cc1.[CH3][Ge]([CH3])([CH3])[c]1ccc(-c2[c-]cccc2)nc1.[Ir]. The van der Waals surface area contributed by atoms with Crippen LogP contribution in [-0.2, 0) is 20.1 Å². The molecule has 0 aliphatic heterocycles. The molecule has 4 nitrogen and oxygen atoms in total. The first kappa shape index (κ1) is 39.0. The molecular formula is C58H45GeIrN3O-2. The number of fused-ring (bicyclic) bond motifs is 4. The number of hydrogen-bond acceptors (Lipinski definition) is 3. The van der Waals surface area contributed by atoms with Crippen LogP contribution in [0.1, 0.15) is 9.68 Å². The Balaban J connectivity index is 0.000000281. The molecule has 0 saturated carbocycles. The van der Waals surface area contributed by atoms with Gasteiger partial charge in [0.1, 0.15) is 5.58 Å². The van der Waals surface area contributed by atoms with Crippen molar-refractivity contribution < 1.29 is 28.6 Å². The van der Waals surface area contributed by atoms with E-state index in [0.29, 0.717) is 11.1 Å². The molecule has 0 fully saturated rings. The number of hydrogen-bond donors (Lipinski definition) is 0. The van der Waals surface area contributed by atoms with Crippen molar-refractivity contribution in [2.75, 3.05) is 0 Å². The monoisotopic (exact) mass is 1070 g/mol. The van der Waals surface area contributed by atoms with Crippen molar-refractivity contribution in [3.63, 3.8) is 0 Å². The van der Waals surface area contributed by atoms with Gasteiger partial charge in [-0.3, -0.25) is 4.98 Å². The number of nitrogens with zero attached hydrogens (tertiary/aromatic N) is 3. The molecular weight excluding hydrogens is 1020 g/mol. The van der Waals surface area contributed by atoms with Crippen molar-refractivity contribution in [2.45, 2.75) is 24.1 Å². The fraction of sp³-hybridized carbons (Fsp3) is 0.0690. The molecule has 0 atom stereocenters. The number of aryl methyl sites for hydroxylation is 1. The van der Waals surface area contributed by atoms with Crippen LogP contribution < -0.4 is 4.40 Å². The maximum absolute atomic E-state index is 7.87. The minimum Gasteiger partial charge on any atom is 0 e. The van der Waals surface area contributed by atoms with Crippen molar-refractivity contribution in [3.8, 4) is 61.7 Å². The predicted octanol–water partition coefficient (Wildman–Crippen LogP) is 14.8. The molecule has 11 aromatic rings. The molecule has 0 bridgehead atoms. The first-order valence-electron chi connectivity index (χ1n) is 22.6. The Morgan fingerprint density at radius 3 is 1.95 bits per heavy atom. The van der Waals surface area contributed by atoms with Crippen molar-refractivity contribution >= 4 is 50.6 Å². The number of furan rings is 1. The molecule has 0 aliphatic carbocycles. The van der Waals surface area contributed by atoms with Gasteiger partial charge in [-0.2, -0.15) is 0 Å². The van der Waals surface area contributed by atoms with Crippen LogP contribution in [-0.4, -0.2) is 27.8 Å². The first-order chi connectivity index (χ1) is 32.0. The molecule has 6 heteroatoms. The van der Waals surface area contributed by atoms with Gasteiger partial charge in [0.25, 0.3) is 0 Å². The van der Waals surface area contributed by atoms with Gasteiger partial charge in [0.05, 0.1) is 22.4 Å². The van der Waals surface area contributed by atoms with Crippen LogP contribution in [0.3, 0.4) is 0 Å². The van der Waals surface area contributed by atoms with E-state index in [4.69, 9.17) is 13.5 Å². The van der Waals surface area contributed by atoms with Crippen molar-refractivity contribution in [1.82, 2.24) is 14.5 Å². The zero-order valence-corrected chi connectivity index (χ0v) is 40.1. The average Bonchev–Trinajstić information content (AvgIpc) is 3.94. The van der Waals surface area contributed by atoms with E-state index in [-0.39, 0.29) is 20.1 Å². The van der Waals surface area contributed by atoms with Gasteiger partial charge in [-0.05, 0) is 64.8 Å². The van der Waals surface area contributed by atoms with Gasteiger partial charge in [0.15, 0.2) is 0 Å². The zero-order chi connectivity index (χ0) is 45.4. The van der Waals surface area contributed by atoms with Crippen LogP contribution in [0.2, 0.25) is 17.3 Å². The minimum absolute atomic E-state index is 0. The fourth-order valence-corrected chi connectivity index (χ4v) is 10.3. The van der Waals surface area contributed by atoms with Crippen LogP contribution in [0, 0.1) is 19.0 Å². The smallest absolute Gasteiger partial charge is 0 e. The van der Waals surface area contributed by atoms with E-state index in [1.54, 1.807) is 12.1 Å². The normalized spacial score (nSPS) is 12.2. The van der Waals surface area contributed by atoms with E-state index in [9.17, 15) is 0 Å². The summed E-state index contributed by atoms with van der Waals surface area (Å²) in [6, 6.07) is 71.7. The Morgan fingerprint density at radius 2 is 1.28 bits per heavy atom. The molecule has 0 N–H and O–H groups in total. The van der Waals surface area contributed by atoms with Gasteiger partial charge in [0.2, 0.25) is 0 Å². The number of benzene rings is 8. The second kappa shape index (κ2) is 18.2. The second-order valence-electron chi connectivity index (χ2n) is 16.7. The van der Waals surface area contributed by atoms with Gasteiger partial charge < -0.3 is 8.98 Å². The molecule has 313 valence electrons. The number of aromatic nitrogens is 3. The Morgan fingerprint density at radius 1 is 0.625 bits per heavy atom. The molecule has 0 saturated heterocycles. The third-order valence-electron chi connectivity index (χ3n) is 11.5. The second-order valence-corrected chi connectivity index (χ2v) is 27.3. The summed E-state index contributed by atoms with van der Waals surface area (Å²) < 4.78 is 34.1. The molecule has 3 heterocycles. The Bertz CT molecular complexity index is 3460. The van der Waals surface area contributed by atoms with Gasteiger partial charge in [0, 0.05) is 35.3 Å². The molecule has 3 aromatic heterocycles. The minimum atomic E-state index is -2.18. The maximum atomic E-state index is 7.87. The van der Waals surface area contributed by atoms with Crippen LogP contribution >= 0.6 is 0 Å². The predicted molar refractivity (Wildman–Crippen MR) is 265 cm³/mol. The van der Waals surface area contributed by atoms with Crippen LogP contribution in [0.5, 0.6) is 0 Å². The molecule has 0 spiro atoms. The third-order valence-corrected chi connectivity index (χ3v) is 15.7. The van der Waals surface area contributed by atoms with E-state index < -0.39 is 20.1 Å². The van der Waals surface area contributed by atoms with Crippen LogP contribution in [0.25, 0.3) is 94.7 Å². The maximum Gasteiger partial charge on any atom is 0 e. The quantitative estimate of drug-likeness (QED) is 0.118. The van der Waals surface area contributed by atoms with Crippen molar-refractivity contribution in [3.05, 3.63) is 218 Å². The van der Waals surface area contributed by atoms with Crippen LogP contribution in [0.4, 0.5) is 0 Å². The Kier molecular flexibility index (Phi) is 11.1. The number of para-hydroxylation sites is 2. The van der Waals surface area contributed by atoms with E-state index >= 15 is 0 Å².